The molecule has 1 saturated carbocycles. The monoisotopic (exact) mass is 588 g/mol. The van der Waals surface area contributed by atoms with E-state index in [0.29, 0.717) is 17.3 Å². The van der Waals surface area contributed by atoms with Crippen molar-refractivity contribution in [2.24, 2.45) is 5.41 Å². The Morgan fingerprint density at radius 1 is 0.907 bits per heavy atom. The number of nitrogens with zero attached hydrogens (tertiary/aromatic N) is 1. The number of hydrogen-bond donors (Lipinski definition) is 0. The zero-order valence-electron chi connectivity index (χ0n) is 27.2. The van der Waals surface area contributed by atoms with Gasteiger partial charge in [-0.25, -0.2) is 0 Å². The molecule has 1 aliphatic carbocycles. The number of rotatable bonds is 4. The minimum absolute atomic E-state index is 0.283. The average molecular weight is 589 g/mol. The first kappa shape index (κ1) is 28.6. The first-order chi connectivity index (χ1) is 20.4. The van der Waals surface area contributed by atoms with Gasteiger partial charge in [0.1, 0.15) is 4.70 Å². The molecule has 7 rings (SSSR count). The van der Waals surface area contributed by atoms with E-state index in [1.165, 1.54) is 84.6 Å². The van der Waals surface area contributed by atoms with E-state index in [-0.39, 0.29) is 5.41 Å². The fraction of sp³-hybridized carbons (Fsp3) is 0.425. The molecule has 2 aliphatic rings. The summed E-state index contributed by atoms with van der Waals surface area (Å²) in [6.45, 7) is 21.1. The van der Waals surface area contributed by atoms with Gasteiger partial charge in [0.2, 0.25) is 11.2 Å². The summed E-state index contributed by atoms with van der Waals surface area (Å²) >= 11 is 1.97. The highest BCUT2D eigenvalue weighted by Crippen LogP contribution is 2.55. The maximum atomic E-state index is 6.03. The van der Waals surface area contributed by atoms with E-state index in [1.54, 1.807) is 7.11 Å². The standard InChI is InChI=1S/C40H46NOS/c1-24(2)32-23-33-35(30-13-11-10-12-28(30)32)39(6,7)40(8,25(3)42-9)41-21-18-31-29-15-14-27(22-34(29)43-37(31)36(33)41)26-16-19-38(4,5)20-17-26/h10-15,18,21-24,26H,3,16-17,19-20H2,1-2,4-9H3/q+1. The van der Waals surface area contributed by atoms with Crippen LogP contribution in [0, 0.1) is 5.41 Å². The normalized spacial score (nSPS) is 21.3. The molecule has 1 atom stereocenters. The molecule has 43 heavy (non-hydrogen) atoms. The van der Waals surface area contributed by atoms with Gasteiger partial charge in [-0.1, -0.05) is 70.7 Å². The molecular formula is C40H46NOS+. The van der Waals surface area contributed by atoms with Gasteiger partial charge in [-0.2, -0.15) is 4.57 Å². The van der Waals surface area contributed by atoms with Crippen LogP contribution in [0.5, 0.6) is 0 Å². The van der Waals surface area contributed by atoms with Gasteiger partial charge in [0, 0.05) is 28.5 Å². The second-order valence-corrected chi connectivity index (χ2v) is 16.0. The molecule has 2 aromatic heterocycles. The third kappa shape index (κ3) is 3.99. The SMILES string of the molecule is C=C(OC)C1(C)[n+]2ccc3c(sc4cc(C5CCC(C)(C)CC5)ccc43)c2-c2cc(C(C)C)c3ccccc3c2C1(C)C. The molecule has 3 heteroatoms. The second kappa shape index (κ2) is 9.66. The van der Waals surface area contributed by atoms with Crippen molar-refractivity contribution in [1.29, 1.82) is 0 Å². The Kier molecular flexibility index (Phi) is 6.43. The van der Waals surface area contributed by atoms with Gasteiger partial charge >= 0.3 is 0 Å². The number of thiophene rings is 1. The number of aromatic nitrogens is 1. The highest BCUT2D eigenvalue weighted by molar-refractivity contribution is 7.26. The summed E-state index contributed by atoms with van der Waals surface area (Å²) in [4.78, 5) is 0. The van der Waals surface area contributed by atoms with E-state index in [9.17, 15) is 0 Å². The minimum Gasteiger partial charge on any atom is -0.494 e. The minimum atomic E-state index is -0.489. The van der Waals surface area contributed by atoms with E-state index < -0.39 is 5.54 Å². The molecule has 3 aromatic carbocycles. The van der Waals surface area contributed by atoms with Gasteiger partial charge in [-0.3, -0.25) is 0 Å². The number of hydrogen-bond acceptors (Lipinski definition) is 2. The Balaban J connectivity index is 1.55. The maximum absolute atomic E-state index is 6.03. The van der Waals surface area contributed by atoms with Crippen molar-refractivity contribution in [3.8, 4) is 11.3 Å². The number of allylic oxidation sites excluding steroid dienone is 1. The Bertz CT molecular complexity index is 1930. The van der Waals surface area contributed by atoms with Crippen molar-refractivity contribution in [3.63, 3.8) is 0 Å². The van der Waals surface area contributed by atoms with Gasteiger partial charge in [0.15, 0.2) is 12.0 Å². The molecule has 1 unspecified atom stereocenters. The molecule has 0 radical (unpaired) electrons. The molecule has 0 spiro atoms. The predicted molar refractivity (Wildman–Crippen MR) is 184 cm³/mol. The topological polar surface area (TPSA) is 13.1 Å². The van der Waals surface area contributed by atoms with Gasteiger partial charge in [0.25, 0.3) is 0 Å². The van der Waals surface area contributed by atoms with Crippen LogP contribution in [0.1, 0.15) is 103 Å². The molecule has 3 heterocycles. The molecule has 222 valence electrons. The predicted octanol–water partition coefficient (Wildman–Crippen LogP) is 11.1. The van der Waals surface area contributed by atoms with Crippen LogP contribution in [0.3, 0.4) is 0 Å². The van der Waals surface area contributed by atoms with Crippen molar-refractivity contribution < 1.29 is 9.30 Å². The lowest BCUT2D eigenvalue weighted by atomic mass is 9.62. The van der Waals surface area contributed by atoms with Crippen LogP contribution < -0.4 is 4.57 Å². The molecule has 0 saturated heterocycles. The van der Waals surface area contributed by atoms with Crippen molar-refractivity contribution in [2.45, 2.75) is 96.9 Å². The maximum Gasteiger partial charge on any atom is 0.231 e. The van der Waals surface area contributed by atoms with Crippen molar-refractivity contribution in [2.75, 3.05) is 7.11 Å². The van der Waals surface area contributed by atoms with Gasteiger partial charge in [-0.15, -0.1) is 11.3 Å². The molecule has 1 fully saturated rings. The highest BCUT2D eigenvalue weighted by Gasteiger charge is 2.60. The van der Waals surface area contributed by atoms with E-state index in [4.69, 9.17) is 4.74 Å². The van der Waals surface area contributed by atoms with Crippen LogP contribution >= 0.6 is 11.3 Å². The second-order valence-electron chi connectivity index (χ2n) is 15.0. The van der Waals surface area contributed by atoms with E-state index in [0.717, 1.165) is 5.76 Å². The van der Waals surface area contributed by atoms with Crippen LogP contribution in [0.2, 0.25) is 0 Å². The third-order valence-electron chi connectivity index (χ3n) is 11.5. The van der Waals surface area contributed by atoms with Crippen LogP contribution in [0.4, 0.5) is 0 Å². The fourth-order valence-electron chi connectivity index (χ4n) is 8.39. The van der Waals surface area contributed by atoms with Crippen LogP contribution in [0.15, 0.2) is 73.1 Å². The van der Waals surface area contributed by atoms with E-state index in [2.05, 4.69) is 120 Å². The molecule has 0 bridgehead atoms. The Labute approximate surface area is 261 Å². The summed E-state index contributed by atoms with van der Waals surface area (Å²) in [6.07, 6.45) is 7.51. The molecule has 5 aromatic rings. The average Bonchev–Trinajstić information content (AvgIpc) is 3.36. The van der Waals surface area contributed by atoms with E-state index in [1.807, 2.05) is 11.3 Å². The number of benzene rings is 3. The fourth-order valence-corrected chi connectivity index (χ4v) is 9.68. The Hall–Kier alpha value is -3.17. The summed E-state index contributed by atoms with van der Waals surface area (Å²) in [5.41, 5.74) is 6.67. The smallest absolute Gasteiger partial charge is 0.231 e. The number of ether oxygens (including phenoxy) is 1. The number of methoxy groups -OCH3 is 1. The Morgan fingerprint density at radius 3 is 2.28 bits per heavy atom. The third-order valence-corrected chi connectivity index (χ3v) is 12.7. The van der Waals surface area contributed by atoms with Crippen LogP contribution in [0.25, 0.3) is 42.2 Å². The summed E-state index contributed by atoms with van der Waals surface area (Å²) < 4.78 is 11.3. The quantitative estimate of drug-likeness (QED) is 0.150. The molecule has 0 N–H and O–H groups in total. The summed E-state index contributed by atoms with van der Waals surface area (Å²) in [5, 5.41) is 5.41. The zero-order chi connectivity index (χ0) is 30.5. The van der Waals surface area contributed by atoms with Crippen molar-refractivity contribution in [1.82, 2.24) is 0 Å². The first-order valence-electron chi connectivity index (χ1n) is 16.1. The first-order valence-corrected chi connectivity index (χ1v) is 16.9. The molecule has 1 aliphatic heterocycles. The Morgan fingerprint density at radius 2 is 1.60 bits per heavy atom. The van der Waals surface area contributed by atoms with Crippen LogP contribution in [-0.4, -0.2) is 7.11 Å². The zero-order valence-corrected chi connectivity index (χ0v) is 28.0. The van der Waals surface area contributed by atoms with E-state index >= 15 is 0 Å². The lowest BCUT2D eigenvalue weighted by molar-refractivity contribution is -0.755. The number of pyridine rings is 1. The summed E-state index contributed by atoms with van der Waals surface area (Å²) in [5.74, 6) is 1.87. The van der Waals surface area contributed by atoms with Crippen LogP contribution in [-0.2, 0) is 15.7 Å². The molecule has 0 amide bonds. The molecular weight excluding hydrogens is 543 g/mol. The highest BCUT2D eigenvalue weighted by atomic mass is 32.1. The molecule has 2 nitrogen and oxygen atoms in total. The largest absolute Gasteiger partial charge is 0.494 e. The van der Waals surface area contributed by atoms with Crippen molar-refractivity contribution >= 4 is 42.3 Å². The lowest BCUT2D eigenvalue weighted by Crippen LogP contribution is -2.68. The lowest BCUT2D eigenvalue weighted by Gasteiger charge is -2.45. The summed E-state index contributed by atoms with van der Waals surface area (Å²) in [7, 11) is 1.77. The number of fused-ring (bicyclic) bond motifs is 9. The summed E-state index contributed by atoms with van der Waals surface area (Å²) in [6, 6.07) is 21.2. The van der Waals surface area contributed by atoms with Gasteiger partial charge < -0.3 is 4.74 Å². The van der Waals surface area contributed by atoms with Crippen molar-refractivity contribution in [3.05, 3.63) is 89.8 Å². The van der Waals surface area contributed by atoms with Gasteiger partial charge in [0.05, 0.1) is 18.1 Å². The van der Waals surface area contributed by atoms with Gasteiger partial charge in [-0.05, 0) is 96.4 Å².